The van der Waals surface area contributed by atoms with Crippen molar-refractivity contribution in [2.75, 3.05) is 0 Å². The van der Waals surface area contributed by atoms with Crippen LogP contribution in [-0.4, -0.2) is 5.78 Å². The normalized spacial score (nSPS) is 12.2. The second-order valence-electron chi connectivity index (χ2n) is 7.02. The fourth-order valence-corrected chi connectivity index (χ4v) is 2.73. The molecule has 0 aliphatic heterocycles. The highest BCUT2D eigenvalue weighted by molar-refractivity contribution is 6.01. The maximum absolute atomic E-state index is 12.8. The number of allylic oxidation sites excluding steroid dienone is 1. The summed E-state index contributed by atoms with van der Waals surface area (Å²) in [7, 11) is 0. The van der Waals surface area contributed by atoms with E-state index in [2.05, 4.69) is 24.8 Å². The lowest BCUT2D eigenvalue weighted by atomic mass is 9.81. The summed E-state index contributed by atoms with van der Waals surface area (Å²) in [5.74, 6) is 0.199. The van der Waals surface area contributed by atoms with E-state index < -0.39 is 5.41 Å². The van der Waals surface area contributed by atoms with Gasteiger partial charge in [0, 0.05) is 16.9 Å². The Morgan fingerprint density at radius 3 is 2.42 bits per heavy atom. The summed E-state index contributed by atoms with van der Waals surface area (Å²) >= 11 is 0. The van der Waals surface area contributed by atoms with Crippen LogP contribution in [0.2, 0.25) is 0 Å². The van der Waals surface area contributed by atoms with Crippen LogP contribution in [0.1, 0.15) is 53.7 Å². The highest BCUT2D eigenvalue weighted by Gasteiger charge is 2.26. The molecule has 2 aromatic carbocycles. The van der Waals surface area contributed by atoms with Crippen molar-refractivity contribution in [3.8, 4) is 6.07 Å². The Morgan fingerprint density at radius 2 is 1.88 bits per heavy atom. The standard InChI is InChI=1S/C22H23NO/c1-5-17(18-9-7-6-8-10-18)14-19-13-16(15-23)11-12-20(19)21(24)22(2,3)4/h5-13,17H,1,14H2,2-4H3. The van der Waals surface area contributed by atoms with E-state index in [4.69, 9.17) is 0 Å². The van der Waals surface area contributed by atoms with Gasteiger partial charge in [-0.3, -0.25) is 4.79 Å². The Labute approximate surface area is 144 Å². The molecule has 0 fully saturated rings. The number of carbonyl (C=O) groups excluding carboxylic acids is 1. The van der Waals surface area contributed by atoms with Crippen LogP contribution in [0.3, 0.4) is 0 Å². The summed E-state index contributed by atoms with van der Waals surface area (Å²) in [6, 6.07) is 17.6. The van der Waals surface area contributed by atoms with Crippen LogP contribution in [0.4, 0.5) is 0 Å². The lowest BCUT2D eigenvalue weighted by molar-refractivity contribution is 0.0857. The van der Waals surface area contributed by atoms with E-state index in [9.17, 15) is 10.1 Å². The Balaban J connectivity index is 2.46. The molecule has 0 bridgehead atoms. The lowest BCUT2D eigenvalue weighted by Crippen LogP contribution is -2.22. The van der Waals surface area contributed by atoms with Crippen molar-refractivity contribution < 1.29 is 4.79 Å². The van der Waals surface area contributed by atoms with E-state index in [-0.39, 0.29) is 11.7 Å². The zero-order chi connectivity index (χ0) is 17.7. The molecular weight excluding hydrogens is 294 g/mol. The molecule has 0 heterocycles. The van der Waals surface area contributed by atoms with E-state index in [1.165, 1.54) is 0 Å². The molecule has 24 heavy (non-hydrogen) atoms. The molecule has 0 saturated carbocycles. The molecule has 0 aromatic heterocycles. The van der Waals surface area contributed by atoms with Crippen molar-refractivity contribution in [2.24, 2.45) is 5.41 Å². The maximum atomic E-state index is 12.8. The zero-order valence-electron chi connectivity index (χ0n) is 14.5. The van der Waals surface area contributed by atoms with Crippen LogP contribution in [0, 0.1) is 16.7 Å². The molecule has 122 valence electrons. The molecule has 2 rings (SSSR count). The number of Topliss-reactive ketones (excluding diaryl/α,β-unsaturated/α-hetero) is 1. The van der Waals surface area contributed by atoms with Crippen molar-refractivity contribution in [1.82, 2.24) is 0 Å². The fourth-order valence-electron chi connectivity index (χ4n) is 2.73. The average molecular weight is 317 g/mol. The second kappa shape index (κ2) is 7.27. The summed E-state index contributed by atoms with van der Waals surface area (Å²) in [5, 5.41) is 9.20. The number of hydrogen-bond donors (Lipinski definition) is 0. The van der Waals surface area contributed by atoms with E-state index in [0.717, 1.165) is 11.1 Å². The quantitative estimate of drug-likeness (QED) is 0.554. The molecule has 0 aliphatic carbocycles. The van der Waals surface area contributed by atoms with Crippen LogP contribution in [0.15, 0.2) is 61.2 Å². The Kier molecular flexibility index (Phi) is 5.36. The first-order chi connectivity index (χ1) is 11.4. The van der Waals surface area contributed by atoms with Crippen molar-refractivity contribution >= 4 is 5.78 Å². The first-order valence-electron chi connectivity index (χ1n) is 8.12. The van der Waals surface area contributed by atoms with Crippen LogP contribution >= 0.6 is 0 Å². The van der Waals surface area contributed by atoms with Gasteiger partial charge < -0.3 is 0 Å². The number of carbonyl (C=O) groups is 1. The summed E-state index contributed by atoms with van der Waals surface area (Å²) in [4.78, 5) is 12.8. The third kappa shape index (κ3) is 4.00. The molecule has 2 nitrogen and oxygen atoms in total. The average Bonchev–Trinajstić information content (AvgIpc) is 2.58. The monoisotopic (exact) mass is 317 g/mol. The molecule has 0 spiro atoms. The van der Waals surface area contributed by atoms with Crippen LogP contribution < -0.4 is 0 Å². The van der Waals surface area contributed by atoms with E-state index in [0.29, 0.717) is 17.5 Å². The molecule has 2 heteroatoms. The third-order valence-electron chi connectivity index (χ3n) is 4.11. The van der Waals surface area contributed by atoms with Gasteiger partial charge in [-0.2, -0.15) is 5.26 Å². The van der Waals surface area contributed by atoms with Crippen molar-refractivity contribution in [2.45, 2.75) is 33.1 Å². The Bertz CT molecular complexity index is 776. The largest absolute Gasteiger partial charge is 0.294 e. The van der Waals surface area contributed by atoms with E-state index >= 15 is 0 Å². The van der Waals surface area contributed by atoms with Crippen molar-refractivity contribution in [3.05, 3.63) is 83.4 Å². The Morgan fingerprint density at radius 1 is 1.21 bits per heavy atom. The molecule has 1 atom stereocenters. The number of nitriles is 1. The zero-order valence-corrected chi connectivity index (χ0v) is 14.5. The van der Waals surface area contributed by atoms with Gasteiger partial charge in [-0.25, -0.2) is 0 Å². The van der Waals surface area contributed by atoms with Gasteiger partial charge in [-0.15, -0.1) is 6.58 Å². The van der Waals surface area contributed by atoms with Gasteiger partial charge in [-0.05, 0) is 35.7 Å². The van der Waals surface area contributed by atoms with E-state index in [1.54, 1.807) is 12.1 Å². The molecule has 0 N–H and O–H groups in total. The van der Waals surface area contributed by atoms with Gasteiger partial charge in [0.05, 0.1) is 11.6 Å². The SMILES string of the molecule is C=CC(Cc1cc(C#N)ccc1C(=O)C(C)(C)C)c1ccccc1. The predicted molar refractivity (Wildman–Crippen MR) is 98.0 cm³/mol. The summed E-state index contributed by atoms with van der Waals surface area (Å²) < 4.78 is 0. The highest BCUT2D eigenvalue weighted by atomic mass is 16.1. The number of hydrogen-bond acceptors (Lipinski definition) is 2. The molecule has 2 aromatic rings. The first kappa shape index (κ1) is 17.7. The number of benzene rings is 2. The minimum absolute atomic E-state index is 0.0952. The summed E-state index contributed by atoms with van der Waals surface area (Å²) in [5.41, 5.74) is 2.88. The summed E-state index contributed by atoms with van der Waals surface area (Å²) in [6.07, 6.45) is 2.56. The minimum atomic E-state index is -0.459. The topological polar surface area (TPSA) is 40.9 Å². The summed E-state index contributed by atoms with van der Waals surface area (Å²) in [6.45, 7) is 9.70. The van der Waals surface area contributed by atoms with Crippen LogP contribution in [0.25, 0.3) is 0 Å². The van der Waals surface area contributed by atoms with Gasteiger partial charge in [0.2, 0.25) is 0 Å². The van der Waals surface area contributed by atoms with Crippen molar-refractivity contribution in [3.63, 3.8) is 0 Å². The second-order valence-corrected chi connectivity index (χ2v) is 7.02. The Hall–Kier alpha value is -2.66. The fraction of sp³-hybridized carbons (Fsp3) is 0.273. The van der Waals surface area contributed by atoms with E-state index in [1.807, 2.05) is 51.1 Å². The highest BCUT2D eigenvalue weighted by Crippen LogP contribution is 2.28. The maximum Gasteiger partial charge on any atom is 0.168 e. The van der Waals surface area contributed by atoms with Gasteiger partial charge in [0.1, 0.15) is 0 Å². The smallest absolute Gasteiger partial charge is 0.168 e. The molecule has 1 unspecified atom stereocenters. The lowest BCUT2D eigenvalue weighted by Gasteiger charge is -2.21. The first-order valence-corrected chi connectivity index (χ1v) is 8.12. The van der Waals surface area contributed by atoms with Crippen LogP contribution in [-0.2, 0) is 6.42 Å². The molecule has 0 amide bonds. The van der Waals surface area contributed by atoms with Gasteiger partial charge in [-0.1, -0.05) is 57.2 Å². The van der Waals surface area contributed by atoms with Gasteiger partial charge >= 0.3 is 0 Å². The number of nitrogens with zero attached hydrogens (tertiary/aromatic N) is 1. The molecular formula is C22H23NO. The molecule has 0 radical (unpaired) electrons. The van der Waals surface area contributed by atoms with Gasteiger partial charge in [0.25, 0.3) is 0 Å². The number of rotatable bonds is 5. The van der Waals surface area contributed by atoms with Crippen molar-refractivity contribution in [1.29, 1.82) is 5.26 Å². The third-order valence-corrected chi connectivity index (χ3v) is 4.11. The van der Waals surface area contributed by atoms with Gasteiger partial charge in [0.15, 0.2) is 5.78 Å². The minimum Gasteiger partial charge on any atom is -0.294 e. The van der Waals surface area contributed by atoms with Crippen LogP contribution in [0.5, 0.6) is 0 Å². The molecule has 0 saturated heterocycles. The number of ketones is 1. The predicted octanol–water partition coefficient (Wildman–Crippen LogP) is 5.30. The molecule has 0 aliphatic rings.